The van der Waals surface area contributed by atoms with Crippen molar-refractivity contribution in [2.24, 2.45) is 5.92 Å². The van der Waals surface area contributed by atoms with Crippen molar-refractivity contribution in [2.75, 3.05) is 10.6 Å². The van der Waals surface area contributed by atoms with Gasteiger partial charge in [-0.2, -0.15) is 0 Å². The number of anilines is 2. The van der Waals surface area contributed by atoms with Crippen molar-refractivity contribution in [3.8, 4) is 0 Å². The fraction of sp³-hybridized carbons (Fsp3) is 0.238. The molecule has 142 valence electrons. The second-order valence-corrected chi connectivity index (χ2v) is 7.06. The SMILES string of the molecule is CC(Nc1ccc([N+](=O)[O-])c2cnccc12)c1ccc(NC(=O)C2CC2)cc1. The molecule has 3 aromatic rings. The molecular weight excluding hydrogens is 356 g/mol. The van der Waals surface area contributed by atoms with Gasteiger partial charge in [0.1, 0.15) is 0 Å². The molecule has 1 aromatic heterocycles. The Morgan fingerprint density at radius 2 is 1.89 bits per heavy atom. The van der Waals surface area contributed by atoms with E-state index in [9.17, 15) is 14.9 Å². The molecule has 1 heterocycles. The van der Waals surface area contributed by atoms with Gasteiger partial charge in [-0.25, -0.2) is 0 Å². The van der Waals surface area contributed by atoms with Crippen molar-refractivity contribution in [3.05, 3.63) is 70.5 Å². The van der Waals surface area contributed by atoms with Crippen LogP contribution in [-0.4, -0.2) is 15.8 Å². The van der Waals surface area contributed by atoms with Crippen LogP contribution in [0.5, 0.6) is 0 Å². The Morgan fingerprint density at radius 3 is 2.57 bits per heavy atom. The maximum absolute atomic E-state index is 11.9. The minimum atomic E-state index is -0.397. The largest absolute Gasteiger partial charge is 0.378 e. The molecule has 0 aliphatic heterocycles. The summed E-state index contributed by atoms with van der Waals surface area (Å²) in [5.41, 5.74) is 2.68. The van der Waals surface area contributed by atoms with Gasteiger partial charge in [-0.15, -0.1) is 0 Å². The Hall–Kier alpha value is -3.48. The average Bonchev–Trinajstić information content (AvgIpc) is 3.54. The normalized spacial score (nSPS) is 14.5. The first kappa shape index (κ1) is 17.9. The van der Waals surface area contributed by atoms with Crippen LogP contribution in [0.1, 0.15) is 31.4 Å². The molecule has 2 N–H and O–H groups in total. The molecule has 0 bridgehead atoms. The van der Waals surface area contributed by atoms with Crippen LogP contribution in [0.15, 0.2) is 54.9 Å². The van der Waals surface area contributed by atoms with Gasteiger partial charge in [0, 0.05) is 47.2 Å². The number of pyridine rings is 1. The third-order valence-electron chi connectivity index (χ3n) is 4.99. The summed E-state index contributed by atoms with van der Waals surface area (Å²) in [5.74, 6) is 0.259. The highest BCUT2D eigenvalue weighted by molar-refractivity contribution is 5.99. The Morgan fingerprint density at radius 1 is 1.14 bits per heavy atom. The number of nitrogens with one attached hydrogen (secondary N) is 2. The van der Waals surface area contributed by atoms with Crippen molar-refractivity contribution in [2.45, 2.75) is 25.8 Å². The van der Waals surface area contributed by atoms with Crippen LogP contribution in [0, 0.1) is 16.0 Å². The van der Waals surface area contributed by atoms with E-state index in [1.54, 1.807) is 18.3 Å². The predicted octanol–water partition coefficient (Wildman–Crippen LogP) is 4.66. The number of amides is 1. The van der Waals surface area contributed by atoms with E-state index in [0.717, 1.165) is 35.2 Å². The van der Waals surface area contributed by atoms with Crippen LogP contribution in [0.25, 0.3) is 10.8 Å². The molecule has 1 fully saturated rings. The van der Waals surface area contributed by atoms with Crippen molar-refractivity contribution in [1.82, 2.24) is 4.98 Å². The molecule has 1 unspecified atom stereocenters. The average molecular weight is 376 g/mol. The first-order chi connectivity index (χ1) is 13.5. The summed E-state index contributed by atoms with van der Waals surface area (Å²) in [6.45, 7) is 2.02. The number of non-ortho nitro benzene ring substituents is 1. The van der Waals surface area contributed by atoms with Crippen LogP contribution in [-0.2, 0) is 4.79 Å². The second kappa shape index (κ2) is 7.26. The first-order valence-corrected chi connectivity index (χ1v) is 9.21. The number of aromatic nitrogens is 1. The Kier molecular flexibility index (Phi) is 4.65. The molecule has 7 heteroatoms. The maximum atomic E-state index is 11.9. The molecule has 1 amide bonds. The van der Waals surface area contributed by atoms with Crippen molar-refractivity contribution < 1.29 is 9.72 Å². The van der Waals surface area contributed by atoms with Crippen LogP contribution < -0.4 is 10.6 Å². The van der Waals surface area contributed by atoms with Gasteiger partial charge in [0.05, 0.1) is 10.3 Å². The molecule has 1 aliphatic carbocycles. The lowest BCUT2D eigenvalue weighted by Crippen LogP contribution is -2.13. The molecule has 7 nitrogen and oxygen atoms in total. The maximum Gasteiger partial charge on any atom is 0.278 e. The van der Waals surface area contributed by atoms with Gasteiger partial charge < -0.3 is 10.6 Å². The molecule has 1 aliphatic rings. The number of nitrogens with zero attached hydrogens (tertiary/aromatic N) is 2. The number of fused-ring (bicyclic) bond motifs is 1. The van der Waals surface area contributed by atoms with Crippen molar-refractivity contribution >= 4 is 33.7 Å². The highest BCUT2D eigenvalue weighted by Crippen LogP contribution is 2.33. The number of hydrogen-bond acceptors (Lipinski definition) is 5. The highest BCUT2D eigenvalue weighted by atomic mass is 16.6. The lowest BCUT2D eigenvalue weighted by molar-refractivity contribution is -0.383. The summed E-state index contributed by atoms with van der Waals surface area (Å²) in [7, 11) is 0. The number of nitro groups is 1. The van der Waals surface area contributed by atoms with Crippen molar-refractivity contribution in [3.63, 3.8) is 0 Å². The number of hydrogen-bond donors (Lipinski definition) is 2. The number of carbonyl (C=O) groups excluding carboxylic acids is 1. The van der Waals surface area contributed by atoms with Gasteiger partial charge in [-0.1, -0.05) is 12.1 Å². The van der Waals surface area contributed by atoms with Crippen LogP contribution >= 0.6 is 0 Å². The van der Waals surface area contributed by atoms with E-state index in [0.29, 0.717) is 5.39 Å². The van der Waals surface area contributed by atoms with E-state index in [1.807, 2.05) is 31.2 Å². The summed E-state index contributed by atoms with van der Waals surface area (Å²) < 4.78 is 0. The number of nitro benzene ring substituents is 1. The lowest BCUT2D eigenvalue weighted by atomic mass is 10.1. The van der Waals surface area contributed by atoms with Gasteiger partial charge in [0.2, 0.25) is 5.91 Å². The third kappa shape index (κ3) is 3.64. The zero-order valence-electron chi connectivity index (χ0n) is 15.4. The van der Waals surface area contributed by atoms with Crippen molar-refractivity contribution in [1.29, 1.82) is 0 Å². The summed E-state index contributed by atoms with van der Waals surface area (Å²) in [5, 5.41) is 18.9. The zero-order valence-corrected chi connectivity index (χ0v) is 15.4. The van der Waals surface area contributed by atoms with E-state index in [4.69, 9.17) is 0 Å². The first-order valence-electron chi connectivity index (χ1n) is 9.21. The minimum Gasteiger partial charge on any atom is -0.378 e. The van der Waals surface area contributed by atoms with Gasteiger partial charge in [-0.3, -0.25) is 19.9 Å². The van der Waals surface area contributed by atoms with Gasteiger partial charge in [-0.05, 0) is 49.6 Å². The quantitative estimate of drug-likeness (QED) is 0.481. The van der Waals surface area contributed by atoms with E-state index >= 15 is 0 Å². The molecule has 0 radical (unpaired) electrons. The number of rotatable bonds is 6. The van der Waals surface area contributed by atoms with E-state index < -0.39 is 4.92 Å². The zero-order chi connectivity index (χ0) is 19.7. The summed E-state index contributed by atoms with van der Waals surface area (Å²) in [4.78, 5) is 26.7. The van der Waals surface area contributed by atoms with Gasteiger partial charge in [0.15, 0.2) is 0 Å². The smallest absolute Gasteiger partial charge is 0.278 e. The summed E-state index contributed by atoms with van der Waals surface area (Å²) in [6.07, 6.45) is 5.09. The van der Waals surface area contributed by atoms with E-state index in [2.05, 4.69) is 15.6 Å². The summed E-state index contributed by atoms with van der Waals surface area (Å²) in [6, 6.07) is 12.7. The fourth-order valence-electron chi connectivity index (χ4n) is 3.22. The number of carbonyl (C=O) groups is 1. The standard InChI is InChI=1S/C21H20N4O3/c1-13(14-4-6-16(7-5-14)24-21(26)15-2-3-15)23-19-8-9-20(25(27)28)18-12-22-11-10-17(18)19/h4-13,15,23H,2-3H2,1H3,(H,24,26). The van der Waals surface area contributed by atoms with E-state index in [-0.39, 0.29) is 23.6 Å². The molecule has 1 atom stereocenters. The molecule has 28 heavy (non-hydrogen) atoms. The molecular formula is C21H20N4O3. The molecule has 1 saturated carbocycles. The fourth-order valence-corrected chi connectivity index (χ4v) is 3.22. The van der Waals surface area contributed by atoms with E-state index in [1.165, 1.54) is 12.3 Å². The predicted molar refractivity (Wildman–Crippen MR) is 108 cm³/mol. The monoisotopic (exact) mass is 376 g/mol. The molecule has 0 saturated heterocycles. The second-order valence-electron chi connectivity index (χ2n) is 7.06. The third-order valence-corrected chi connectivity index (χ3v) is 4.99. The van der Waals surface area contributed by atoms with Gasteiger partial charge in [0.25, 0.3) is 5.69 Å². The Labute approximate surface area is 161 Å². The highest BCUT2D eigenvalue weighted by Gasteiger charge is 2.29. The van der Waals surface area contributed by atoms with Gasteiger partial charge >= 0.3 is 0 Å². The van der Waals surface area contributed by atoms with Crippen LogP contribution in [0.2, 0.25) is 0 Å². The molecule has 4 rings (SSSR count). The minimum absolute atomic E-state index is 0.0222. The number of benzene rings is 2. The lowest BCUT2D eigenvalue weighted by Gasteiger charge is -2.18. The molecule has 2 aromatic carbocycles. The summed E-state index contributed by atoms with van der Waals surface area (Å²) >= 11 is 0. The van der Waals surface area contributed by atoms with Crippen LogP contribution in [0.4, 0.5) is 17.1 Å². The topological polar surface area (TPSA) is 97.2 Å². The Balaban J connectivity index is 1.53. The Bertz CT molecular complexity index is 1050. The van der Waals surface area contributed by atoms with Crippen LogP contribution in [0.3, 0.4) is 0 Å². The molecule has 0 spiro atoms.